The van der Waals surface area contributed by atoms with Crippen LogP contribution in [0.1, 0.15) is 41.5 Å². The van der Waals surface area contributed by atoms with Crippen LogP contribution < -0.4 is 0 Å². The molecular formula is C11H27NO4. The van der Waals surface area contributed by atoms with E-state index < -0.39 is 0 Å². The van der Waals surface area contributed by atoms with E-state index in [1.54, 1.807) is 26.8 Å². The quantitative estimate of drug-likeness (QED) is 0.586. The second-order valence-corrected chi connectivity index (χ2v) is 2.54. The number of aliphatic hydroxyl groups is 3. The van der Waals surface area contributed by atoms with Crippen LogP contribution in [0.4, 0.5) is 0 Å². The van der Waals surface area contributed by atoms with Gasteiger partial charge in [-0.25, -0.2) is 0 Å². The highest BCUT2D eigenvalue weighted by molar-refractivity contribution is 5.72. The molecule has 0 unspecified atom stereocenters. The summed E-state index contributed by atoms with van der Waals surface area (Å²) in [7, 11) is 1.00. The van der Waals surface area contributed by atoms with Gasteiger partial charge in [0.25, 0.3) is 0 Å². The van der Waals surface area contributed by atoms with Crippen LogP contribution in [0.3, 0.4) is 0 Å². The Bertz CT molecular complexity index is 124. The molecule has 3 N–H and O–H groups in total. The van der Waals surface area contributed by atoms with Crippen LogP contribution in [0.15, 0.2) is 0 Å². The van der Waals surface area contributed by atoms with Crippen LogP contribution in [0.2, 0.25) is 0 Å². The Balaban J connectivity index is -0.0000000322. The van der Waals surface area contributed by atoms with Crippen molar-refractivity contribution in [2.75, 3.05) is 13.7 Å². The fourth-order valence-electron chi connectivity index (χ4n) is 0. The van der Waals surface area contributed by atoms with E-state index in [4.69, 9.17) is 20.6 Å². The summed E-state index contributed by atoms with van der Waals surface area (Å²) in [5.74, 6) is 0.167. The van der Waals surface area contributed by atoms with Gasteiger partial charge >= 0.3 is 0 Å². The van der Waals surface area contributed by atoms with E-state index in [9.17, 15) is 4.79 Å². The minimum atomic E-state index is -0.167. The van der Waals surface area contributed by atoms with Crippen LogP contribution in [-0.2, 0) is 4.79 Å². The molecule has 0 atom stereocenters. The molecule has 100 valence electrons. The molecule has 0 bridgehead atoms. The summed E-state index contributed by atoms with van der Waals surface area (Å²) in [5.41, 5.74) is 0. The zero-order valence-corrected chi connectivity index (χ0v) is 11.5. The number of nitrogens with zero attached hydrogens (tertiary/aromatic N) is 1. The second kappa shape index (κ2) is 48.2. The number of hydrogen-bond donors (Lipinski definition) is 3. The molecule has 16 heavy (non-hydrogen) atoms. The molecule has 0 amide bonds. The summed E-state index contributed by atoms with van der Waals surface area (Å²) in [6.45, 7) is 9.86. The van der Waals surface area contributed by atoms with Gasteiger partial charge in [-0.3, -0.25) is 0 Å². The Kier molecular flexibility index (Phi) is 88.5. The Hall–Kier alpha value is -0.960. The van der Waals surface area contributed by atoms with Gasteiger partial charge in [0, 0.05) is 26.7 Å². The first kappa shape index (κ1) is 29.4. The lowest BCUT2D eigenvalue weighted by molar-refractivity contribution is -0.114. The summed E-state index contributed by atoms with van der Waals surface area (Å²) in [5, 5.41) is 29.9. The van der Waals surface area contributed by atoms with Crippen molar-refractivity contribution >= 4 is 5.78 Å². The maximum Gasteiger partial charge on any atom is 0.126 e. The van der Waals surface area contributed by atoms with Crippen LogP contribution in [0.25, 0.3) is 0 Å². The summed E-state index contributed by atoms with van der Waals surface area (Å²) >= 11 is 0. The SMILES string of the molecule is CC#N.CC(C)=O.CC(C)O.CCO.CO. The third-order valence-corrected chi connectivity index (χ3v) is 0. The van der Waals surface area contributed by atoms with Gasteiger partial charge in [-0.1, -0.05) is 0 Å². The topological polar surface area (TPSA) is 102 Å². The fraction of sp³-hybridized carbons (Fsp3) is 0.818. The van der Waals surface area contributed by atoms with Crippen molar-refractivity contribution in [1.82, 2.24) is 0 Å². The molecule has 0 aromatic heterocycles. The minimum Gasteiger partial charge on any atom is -0.400 e. The van der Waals surface area contributed by atoms with Crippen LogP contribution >= 0.6 is 0 Å². The highest BCUT2D eigenvalue weighted by Gasteiger charge is 1.69. The number of hydrogen-bond acceptors (Lipinski definition) is 5. The van der Waals surface area contributed by atoms with Gasteiger partial charge < -0.3 is 20.1 Å². The van der Waals surface area contributed by atoms with Gasteiger partial charge in [-0.2, -0.15) is 5.26 Å². The van der Waals surface area contributed by atoms with Gasteiger partial charge in [-0.15, -0.1) is 0 Å². The Morgan fingerprint density at radius 3 is 1.31 bits per heavy atom. The fourth-order valence-corrected chi connectivity index (χ4v) is 0. The molecule has 0 saturated heterocycles. The van der Waals surface area contributed by atoms with E-state index in [1.165, 1.54) is 20.8 Å². The number of rotatable bonds is 0. The summed E-state index contributed by atoms with van der Waals surface area (Å²) in [6.07, 6.45) is -0.167. The van der Waals surface area contributed by atoms with Crippen molar-refractivity contribution in [1.29, 1.82) is 5.26 Å². The molecule has 0 radical (unpaired) electrons. The molecule has 0 rings (SSSR count). The monoisotopic (exact) mass is 237 g/mol. The summed E-state index contributed by atoms with van der Waals surface area (Å²) < 4.78 is 0. The lowest BCUT2D eigenvalue weighted by atomic mass is 10.5. The van der Waals surface area contributed by atoms with Crippen LogP contribution in [-0.4, -0.2) is 40.9 Å². The van der Waals surface area contributed by atoms with E-state index >= 15 is 0 Å². The Labute approximate surface area is 99.3 Å². The van der Waals surface area contributed by atoms with Crippen LogP contribution in [0.5, 0.6) is 0 Å². The van der Waals surface area contributed by atoms with E-state index in [0.29, 0.717) is 0 Å². The first-order valence-corrected chi connectivity index (χ1v) is 4.81. The molecule has 5 heteroatoms. The zero-order chi connectivity index (χ0) is 14.6. The molecule has 0 saturated carbocycles. The van der Waals surface area contributed by atoms with Crippen molar-refractivity contribution < 1.29 is 20.1 Å². The Morgan fingerprint density at radius 1 is 1.31 bits per heavy atom. The highest BCUT2D eigenvalue weighted by Crippen LogP contribution is 1.65. The highest BCUT2D eigenvalue weighted by atomic mass is 16.3. The van der Waals surface area contributed by atoms with Crippen molar-refractivity contribution in [3.8, 4) is 6.07 Å². The predicted octanol–water partition coefficient (Wildman–Crippen LogP) is 1.12. The maximum absolute atomic E-state index is 9.44. The molecule has 0 aromatic rings. The first-order chi connectivity index (χ1) is 7.29. The third-order valence-electron chi connectivity index (χ3n) is 0. The molecule has 5 nitrogen and oxygen atoms in total. The number of nitriles is 1. The number of carbonyl (C=O) groups excluding carboxylic acids is 1. The first-order valence-electron chi connectivity index (χ1n) is 4.81. The summed E-state index contributed by atoms with van der Waals surface area (Å²) in [6, 6.07) is 1.75. The van der Waals surface area contributed by atoms with Crippen molar-refractivity contribution in [3.63, 3.8) is 0 Å². The molecule has 0 aliphatic heterocycles. The average Bonchev–Trinajstić information content (AvgIpc) is 2.07. The average molecular weight is 237 g/mol. The lowest BCUT2D eigenvalue weighted by Gasteiger charge is -1.80. The third kappa shape index (κ3) is 2050. The summed E-state index contributed by atoms with van der Waals surface area (Å²) in [4.78, 5) is 9.44. The van der Waals surface area contributed by atoms with Gasteiger partial charge in [0.15, 0.2) is 0 Å². The molecule has 0 spiro atoms. The predicted molar refractivity (Wildman–Crippen MR) is 65.9 cm³/mol. The van der Waals surface area contributed by atoms with Gasteiger partial charge in [0.1, 0.15) is 5.78 Å². The van der Waals surface area contributed by atoms with Gasteiger partial charge in [-0.05, 0) is 34.6 Å². The van der Waals surface area contributed by atoms with Crippen LogP contribution in [0, 0.1) is 11.3 Å². The minimum absolute atomic E-state index is 0.167. The van der Waals surface area contributed by atoms with E-state index in [1.807, 2.05) is 0 Å². The zero-order valence-electron chi connectivity index (χ0n) is 11.5. The largest absolute Gasteiger partial charge is 0.400 e. The van der Waals surface area contributed by atoms with Crippen molar-refractivity contribution in [3.05, 3.63) is 0 Å². The molecular weight excluding hydrogens is 210 g/mol. The van der Waals surface area contributed by atoms with E-state index in [2.05, 4.69) is 0 Å². The Morgan fingerprint density at radius 2 is 1.31 bits per heavy atom. The standard InChI is InChI=1S/C3H8O.C3H6O.C2H3N.C2H6O.CH4O/c2*1-3(2)4;2*1-2-3;1-2/h3-4H,1-2H3;1-2H3;1H3;3H,2H2,1H3;2H,1H3. The number of Topliss-reactive ketones (excluding diaryl/α,β-unsaturated/α-hetero) is 1. The molecule has 0 heterocycles. The van der Waals surface area contributed by atoms with Gasteiger partial charge in [0.05, 0.1) is 6.07 Å². The number of aliphatic hydroxyl groups excluding tert-OH is 3. The normalized spacial score (nSPS) is 5.88. The number of carbonyl (C=O) groups is 1. The lowest BCUT2D eigenvalue weighted by Crippen LogP contribution is -1.85. The molecule has 0 aromatic carbocycles. The second-order valence-electron chi connectivity index (χ2n) is 2.54. The molecule has 0 aliphatic rings. The van der Waals surface area contributed by atoms with Crippen molar-refractivity contribution in [2.24, 2.45) is 0 Å². The van der Waals surface area contributed by atoms with Crippen molar-refractivity contribution in [2.45, 2.75) is 47.6 Å². The van der Waals surface area contributed by atoms with E-state index in [-0.39, 0.29) is 18.5 Å². The number of ketones is 1. The maximum atomic E-state index is 9.44. The van der Waals surface area contributed by atoms with E-state index in [0.717, 1.165) is 7.11 Å². The molecule has 0 fully saturated rings. The molecule has 0 aliphatic carbocycles. The van der Waals surface area contributed by atoms with Gasteiger partial charge in [0.2, 0.25) is 0 Å². The smallest absolute Gasteiger partial charge is 0.126 e.